The molecule has 3 fully saturated rings. The molecule has 1 saturated heterocycles. The van der Waals surface area contributed by atoms with Crippen LogP contribution in [0.5, 0.6) is 0 Å². The maximum atomic E-state index is 6.31. The van der Waals surface area contributed by atoms with Crippen molar-refractivity contribution in [3.05, 3.63) is 23.9 Å². The molecule has 1 aliphatic heterocycles. The summed E-state index contributed by atoms with van der Waals surface area (Å²) in [5, 5.41) is 0. The fraction of sp³-hybridized carbons (Fsp3) is 0.800. The summed E-state index contributed by atoms with van der Waals surface area (Å²) in [4.78, 5) is 0. The lowest BCUT2D eigenvalue weighted by molar-refractivity contribution is -0.0502. The number of allylic oxidation sites excluding steroid dienone is 2. The van der Waals surface area contributed by atoms with Gasteiger partial charge in [-0.1, -0.05) is 37.5 Å². The van der Waals surface area contributed by atoms with Crippen molar-refractivity contribution in [2.75, 3.05) is 0 Å². The zero-order chi connectivity index (χ0) is 16.7. The molecule has 2 aliphatic carbocycles. The Bertz CT molecular complexity index is 492. The van der Waals surface area contributed by atoms with E-state index in [1.54, 1.807) is 0 Å². The summed E-state index contributed by atoms with van der Waals surface area (Å²) in [7, 11) is 0. The van der Waals surface area contributed by atoms with E-state index in [-0.39, 0.29) is 5.60 Å². The van der Waals surface area contributed by atoms with E-state index < -0.39 is 0 Å². The predicted octanol–water partition coefficient (Wildman–Crippen LogP) is 5.43. The van der Waals surface area contributed by atoms with Crippen molar-refractivity contribution in [2.24, 2.45) is 17.3 Å². The van der Waals surface area contributed by atoms with Crippen molar-refractivity contribution in [2.45, 2.75) is 83.8 Å². The lowest BCUT2D eigenvalue weighted by Crippen LogP contribution is -2.48. The minimum atomic E-state index is 0.112. The van der Waals surface area contributed by atoms with Gasteiger partial charge in [0.25, 0.3) is 0 Å². The molecular formula is C20H33NOS. The summed E-state index contributed by atoms with van der Waals surface area (Å²) < 4.78 is 9.24. The van der Waals surface area contributed by atoms with E-state index in [0.29, 0.717) is 11.5 Å². The van der Waals surface area contributed by atoms with E-state index in [1.807, 2.05) is 0 Å². The Hall–Kier alpha value is -0.410. The minimum Gasteiger partial charge on any atom is -0.366 e. The molecule has 3 rings (SSSR count). The van der Waals surface area contributed by atoms with E-state index in [9.17, 15) is 0 Å². The molecule has 2 unspecified atom stereocenters. The molecule has 0 radical (unpaired) electrons. The number of ether oxygens (including phenoxy) is 1. The lowest BCUT2D eigenvalue weighted by atomic mass is 9.50. The van der Waals surface area contributed by atoms with Crippen molar-refractivity contribution >= 4 is 12.8 Å². The van der Waals surface area contributed by atoms with Gasteiger partial charge in [-0.25, -0.2) is 0 Å². The largest absolute Gasteiger partial charge is 0.366 e. The Kier molecular flexibility index (Phi) is 4.90. The summed E-state index contributed by atoms with van der Waals surface area (Å²) in [6.07, 6.45) is 13.2. The van der Waals surface area contributed by atoms with Gasteiger partial charge in [-0.3, -0.25) is 0 Å². The highest BCUT2D eigenvalue weighted by Gasteiger charge is 2.64. The van der Waals surface area contributed by atoms with Gasteiger partial charge < -0.3 is 9.46 Å². The first-order chi connectivity index (χ1) is 10.9. The quantitative estimate of drug-likeness (QED) is 0.384. The predicted molar refractivity (Wildman–Crippen MR) is 100 cm³/mol. The zero-order valence-electron chi connectivity index (χ0n) is 15.0. The monoisotopic (exact) mass is 335 g/mol. The second-order valence-corrected chi connectivity index (χ2v) is 8.86. The van der Waals surface area contributed by atoms with Gasteiger partial charge in [-0.15, -0.1) is 0 Å². The molecule has 2 saturated carbocycles. The molecule has 0 aromatic heterocycles. The molecule has 0 aromatic carbocycles. The fourth-order valence-electron chi connectivity index (χ4n) is 5.22. The van der Waals surface area contributed by atoms with Gasteiger partial charge in [0.05, 0.1) is 11.7 Å². The number of hydrogen-bond acceptors (Lipinski definition) is 3. The van der Waals surface area contributed by atoms with Crippen molar-refractivity contribution in [1.29, 1.82) is 0 Å². The van der Waals surface area contributed by atoms with Gasteiger partial charge in [0, 0.05) is 5.70 Å². The molecule has 3 aliphatic rings. The molecule has 1 N–H and O–H groups in total. The Morgan fingerprint density at radius 1 is 1.35 bits per heavy atom. The Morgan fingerprint density at radius 2 is 2.09 bits per heavy atom. The highest BCUT2D eigenvalue weighted by molar-refractivity contribution is 7.78. The van der Waals surface area contributed by atoms with Gasteiger partial charge in [0.1, 0.15) is 0 Å². The third-order valence-electron chi connectivity index (χ3n) is 6.81. The summed E-state index contributed by atoms with van der Waals surface area (Å²) in [5.41, 5.74) is 3.16. The molecule has 2 nitrogen and oxygen atoms in total. The first kappa shape index (κ1) is 17.4. The number of thiol groups is 1. The Morgan fingerprint density at radius 3 is 2.65 bits per heavy atom. The molecule has 0 bridgehead atoms. The minimum absolute atomic E-state index is 0.112. The molecule has 1 spiro atoms. The van der Waals surface area contributed by atoms with E-state index in [4.69, 9.17) is 4.74 Å². The van der Waals surface area contributed by atoms with E-state index in [0.717, 1.165) is 30.4 Å². The average Bonchev–Trinajstić information content (AvgIpc) is 3.15. The Labute approximate surface area is 147 Å². The van der Waals surface area contributed by atoms with Crippen LogP contribution in [-0.2, 0) is 4.74 Å². The van der Waals surface area contributed by atoms with Crippen molar-refractivity contribution in [1.82, 2.24) is 4.72 Å². The Balaban J connectivity index is 1.69. The number of hydrogen-bond donors (Lipinski definition) is 2. The average molecular weight is 336 g/mol. The zero-order valence-corrected chi connectivity index (χ0v) is 15.9. The highest BCUT2D eigenvalue weighted by Crippen LogP contribution is 2.64. The molecule has 0 aromatic rings. The van der Waals surface area contributed by atoms with Gasteiger partial charge in [0.2, 0.25) is 0 Å². The van der Waals surface area contributed by atoms with Crippen LogP contribution in [0, 0.1) is 17.3 Å². The van der Waals surface area contributed by atoms with Crippen LogP contribution in [-0.4, -0.2) is 11.7 Å². The normalized spacial score (nSPS) is 37.8. The third kappa shape index (κ3) is 3.37. The van der Waals surface area contributed by atoms with Crippen LogP contribution in [0.1, 0.15) is 72.1 Å². The van der Waals surface area contributed by atoms with Crippen LogP contribution < -0.4 is 4.72 Å². The van der Waals surface area contributed by atoms with Crippen LogP contribution in [0.25, 0.3) is 0 Å². The van der Waals surface area contributed by atoms with Crippen molar-refractivity contribution < 1.29 is 4.74 Å². The summed E-state index contributed by atoms with van der Waals surface area (Å²) >= 11 is 4.15. The number of epoxide rings is 1. The number of rotatable bonds is 6. The van der Waals surface area contributed by atoms with Gasteiger partial charge in [-0.2, -0.15) is 0 Å². The van der Waals surface area contributed by atoms with Crippen LogP contribution in [0.2, 0.25) is 0 Å². The van der Waals surface area contributed by atoms with Crippen molar-refractivity contribution in [3.63, 3.8) is 0 Å². The molecular weight excluding hydrogens is 302 g/mol. The summed E-state index contributed by atoms with van der Waals surface area (Å²) in [6.45, 7) is 10.8. The lowest BCUT2D eigenvalue weighted by Gasteiger charge is -2.54. The molecule has 3 heteroatoms. The first-order valence-electron chi connectivity index (χ1n) is 9.29. The van der Waals surface area contributed by atoms with Crippen LogP contribution in [0.15, 0.2) is 23.9 Å². The van der Waals surface area contributed by atoms with Gasteiger partial charge in [-0.05, 0) is 83.0 Å². The second-order valence-electron chi connectivity index (χ2n) is 8.64. The molecule has 1 heterocycles. The first-order valence-corrected chi connectivity index (χ1v) is 9.73. The molecule has 0 amide bonds. The number of nitrogens with one attached hydrogen (secondary N) is 1. The van der Waals surface area contributed by atoms with E-state index in [2.05, 4.69) is 51.0 Å². The van der Waals surface area contributed by atoms with Crippen LogP contribution in [0.4, 0.5) is 0 Å². The molecule has 130 valence electrons. The highest BCUT2D eigenvalue weighted by atomic mass is 32.1. The van der Waals surface area contributed by atoms with Crippen molar-refractivity contribution in [3.8, 4) is 0 Å². The SMILES string of the molecule is C=C(CC1CCC2(CCC2)C([C@@]2(C)O[C@@H]2CC=C(C)C)C1)NS. The van der Waals surface area contributed by atoms with Crippen LogP contribution in [0.3, 0.4) is 0 Å². The topological polar surface area (TPSA) is 24.6 Å². The summed E-state index contributed by atoms with van der Waals surface area (Å²) in [5.74, 6) is 1.47. The standard InChI is InChI=1S/C20H33NOS/c1-14(2)6-7-18-19(4,22-18)17-13-16(12-15(3)21-23)8-11-20(17)9-5-10-20/h6,16-18,21,23H,3,5,7-13H2,1-2,4H3/t16?,17?,18-,19-/m1/s1. The van der Waals surface area contributed by atoms with Gasteiger partial charge >= 0.3 is 0 Å². The third-order valence-corrected chi connectivity index (χ3v) is 7.13. The van der Waals surface area contributed by atoms with Gasteiger partial charge in [0.15, 0.2) is 0 Å². The molecule has 4 atom stereocenters. The van der Waals surface area contributed by atoms with E-state index in [1.165, 1.54) is 44.1 Å². The van der Waals surface area contributed by atoms with E-state index >= 15 is 0 Å². The smallest absolute Gasteiger partial charge is 0.0957 e. The fourth-order valence-corrected chi connectivity index (χ4v) is 5.31. The molecule has 23 heavy (non-hydrogen) atoms. The second kappa shape index (κ2) is 6.48. The maximum Gasteiger partial charge on any atom is 0.0957 e. The summed E-state index contributed by atoms with van der Waals surface area (Å²) in [6, 6.07) is 0. The van der Waals surface area contributed by atoms with Crippen LogP contribution >= 0.6 is 12.8 Å². The maximum absolute atomic E-state index is 6.31.